The number of nitrogens with one attached hydrogen (secondary N) is 3. The van der Waals surface area contributed by atoms with Crippen LogP contribution in [0.25, 0.3) is 0 Å². The Morgan fingerprint density at radius 2 is 1.54 bits per heavy atom. The molecule has 0 aliphatic heterocycles. The van der Waals surface area contributed by atoms with Gasteiger partial charge in [-0.05, 0) is 30.2 Å². The van der Waals surface area contributed by atoms with Gasteiger partial charge in [-0.25, -0.2) is 4.79 Å². The van der Waals surface area contributed by atoms with Crippen LogP contribution >= 0.6 is 0 Å². The number of amides is 3. The molecule has 3 N–H and O–H groups in total. The number of benzene rings is 1. The van der Waals surface area contributed by atoms with Crippen molar-refractivity contribution >= 4 is 23.6 Å². The van der Waals surface area contributed by atoms with Gasteiger partial charge in [-0.2, -0.15) is 0 Å². The van der Waals surface area contributed by atoms with E-state index in [1.165, 1.54) is 0 Å². The minimum absolute atomic E-state index is 0.0178. The molecule has 0 atom stereocenters. The lowest BCUT2D eigenvalue weighted by Gasteiger charge is -2.10. The van der Waals surface area contributed by atoms with Crippen molar-refractivity contribution in [2.24, 2.45) is 11.8 Å². The molecule has 0 saturated heterocycles. The summed E-state index contributed by atoms with van der Waals surface area (Å²) in [5.41, 5.74) is 0.649. The summed E-state index contributed by atoms with van der Waals surface area (Å²) < 4.78 is 10.5. The highest BCUT2D eigenvalue weighted by atomic mass is 16.6. The predicted molar refractivity (Wildman–Crippen MR) is 107 cm³/mol. The van der Waals surface area contributed by atoms with Crippen molar-refractivity contribution in [1.82, 2.24) is 10.6 Å². The second-order valence-corrected chi connectivity index (χ2v) is 7.04. The summed E-state index contributed by atoms with van der Waals surface area (Å²) in [7, 11) is 0. The maximum Gasteiger partial charge on any atom is 0.412 e. The van der Waals surface area contributed by atoms with Crippen LogP contribution in [0.1, 0.15) is 34.1 Å². The zero-order chi connectivity index (χ0) is 20.9. The predicted octanol–water partition coefficient (Wildman–Crippen LogP) is 2.55. The van der Waals surface area contributed by atoms with Crippen LogP contribution in [0, 0.1) is 11.8 Å². The summed E-state index contributed by atoms with van der Waals surface area (Å²) in [6.07, 6.45) is -0.138. The highest BCUT2D eigenvalue weighted by Crippen LogP contribution is 2.16. The lowest BCUT2D eigenvalue weighted by molar-refractivity contribution is -0.124. The molecule has 0 aromatic heterocycles. The summed E-state index contributed by atoms with van der Waals surface area (Å²) in [5, 5.41) is 8.10. The van der Waals surface area contributed by atoms with Crippen LogP contribution in [0.5, 0.6) is 5.75 Å². The molecule has 1 rings (SSSR count). The minimum Gasteiger partial charge on any atom is -0.410 e. The Bertz CT molecular complexity index is 629. The zero-order valence-corrected chi connectivity index (χ0v) is 17.0. The normalized spacial score (nSPS) is 10.6. The first-order chi connectivity index (χ1) is 13.3. The molecule has 0 aliphatic rings. The number of hydrogen-bond acceptors (Lipinski definition) is 5. The van der Waals surface area contributed by atoms with Crippen molar-refractivity contribution in [2.45, 2.75) is 34.1 Å². The standard InChI is InChI=1S/C20H31N3O5/c1-14(2)13-18(24)23-16-5-7-17(8-6-16)28-20(26)22-10-12-27-11-9-21-19(25)15(3)4/h5-8,14-15H,9-13H2,1-4H3,(H,21,25)(H,22,26)(H,23,24). The van der Waals surface area contributed by atoms with Gasteiger partial charge in [0, 0.05) is 31.1 Å². The number of carbonyl (C=O) groups is 3. The lowest BCUT2D eigenvalue weighted by atomic mass is 10.1. The second-order valence-electron chi connectivity index (χ2n) is 7.04. The Labute approximate surface area is 166 Å². The van der Waals surface area contributed by atoms with Gasteiger partial charge < -0.3 is 25.4 Å². The number of ether oxygens (including phenoxy) is 2. The average Bonchev–Trinajstić information content (AvgIpc) is 2.61. The molecule has 8 heteroatoms. The summed E-state index contributed by atoms with van der Waals surface area (Å²) in [6.45, 7) is 9.01. The number of carbonyl (C=O) groups excluding carboxylic acids is 3. The Hall–Kier alpha value is -2.61. The van der Waals surface area contributed by atoms with E-state index in [2.05, 4.69) is 16.0 Å². The Morgan fingerprint density at radius 1 is 0.929 bits per heavy atom. The molecule has 1 aromatic rings. The van der Waals surface area contributed by atoms with Crippen molar-refractivity contribution in [3.05, 3.63) is 24.3 Å². The van der Waals surface area contributed by atoms with Crippen molar-refractivity contribution < 1.29 is 23.9 Å². The van der Waals surface area contributed by atoms with Crippen molar-refractivity contribution in [1.29, 1.82) is 0 Å². The van der Waals surface area contributed by atoms with E-state index in [1.807, 2.05) is 27.7 Å². The van der Waals surface area contributed by atoms with Gasteiger partial charge in [0.25, 0.3) is 0 Å². The van der Waals surface area contributed by atoms with Gasteiger partial charge in [0.2, 0.25) is 11.8 Å². The van der Waals surface area contributed by atoms with Crippen molar-refractivity contribution in [3.63, 3.8) is 0 Å². The molecule has 0 bridgehead atoms. The van der Waals surface area contributed by atoms with E-state index in [0.29, 0.717) is 44.2 Å². The van der Waals surface area contributed by atoms with Gasteiger partial charge >= 0.3 is 6.09 Å². The van der Waals surface area contributed by atoms with Gasteiger partial charge in [-0.15, -0.1) is 0 Å². The third kappa shape index (κ3) is 10.5. The monoisotopic (exact) mass is 393 g/mol. The molecule has 3 amide bonds. The number of rotatable bonds is 11. The van der Waals surface area contributed by atoms with Gasteiger partial charge in [0.05, 0.1) is 13.2 Å². The van der Waals surface area contributed by atoms with Crippen LogP contribution in [0.3, 0.4) is 0 Å². The first-order valence-corrected chi connectivity index (χ1v) is 9.49. The molecule has 0 aliphatic carbocycles. The fourth-order valence-corrected chi connectivity index (χ4v) is 2.11. The molecular formula is C20H31N3O5. The Morgan fingerprint density at radius 3 is 2.11 bits per heavy atom. The van der Waals surface area contributed by atoms with E-state index in [0.717, 1.165) is 0 Å². The van der Waals surface area contributed by atoms with E-state index in [-0.39, 0.29) is 23.7 Å². The highest BCUT2D eigenvalue weighted by molar-refractivity contribution is 5.90. The zero-order valence-electron chi connectivity index (χ0n) is 17.0. The Balaban J connectivity index is 2.18. The average molecular weight is 393 g/mol. The smallest absolute Gasteiger partial charge is 0.410 e. The summed E-state index contributed by atoms with van der Waals surface area (Å²) >= 11 is 0. The number of hydrogen-bond donors (Lipinski definition) is 3. The fraction of sp³-hybridized carbons (Fsp3) is 0.550. The van der Waals surface area contributed by atoms with Crippen molar-refractivity contribution in [2.75, 3.05) is 31.6 Å². The third-order valence-electron chi connectivity index (χ3n) is 3.53. The van der Waals surface area contributed by atoms with Crippen LogP contribution in [0.4, 0.5) is 10.5 Å². The summed E-state index contributed by atoms with van der Waals surface area (Å²) in [6, 6.07) is 6.57. The van der Waals surface area contributed by atoms with Crippen molar-refractivity contribution in [3.8, 4) is 5.75 Å². The second kappa shape index (κ2) is 12.7. The molecule has 0 unspecified atom stereocenters. The lowest BCUT2D eigenvalue weighted by Crippen LogP contribution is -2.32. The summed E-state index contributed by atoms with van der Waals surface area (Å²) in [4.78, 5) is 34.8. The number of anilines is 1. The van der Waals surface area contributed by atoms with E-state index < -0.39 is 6.09 Å². The molecule has 0 fully saturated rings. The largest absolute Gasteiger partial charge is 0.412 e. The molecule has 8 nitrogen and oxygen atoms in total. The van der Waals surface area contributed by atoms with Gasteiger partial charge in [-0.3, -0.25) is 9.59 Å². The molecule has 0 spiro atoms. The molecule has 0 heterocycles. The maximum atomic E-state index is 11.7. The molecule has 0 radical (unpaired) electrons. The highest BCUT2D eigenvalue weighted by Gasteiger charge is 2.07. The maximum absolute atomic E-state index is 11.7. The first-order valence-electron chi connectivity index (χ1n) is 9.49. The third-order valence-corrected chi connectivity index (χ3v) is 3.53. The van der Waals surface area contributed by atoms with Crippen LogP contribution in [-0.2, 0) is 14.3 Å². The summed E-state index contributed by atoms with van der Waals surface area (Å²) in [5.74, 6) is 0.536. The minimum atomic E-state index is -0.590. The van der Waals surface area contributed by atoms with Crippen LogP contribution in [-0.4, -0.2) is 44.2 Å². The molecule has 1 aromatic carbocycles. The molecule has 156 valence electrons. The van der Waals surface area contributed by atoms with Crippen LogP contribution < -0.4 is 20.7 Å². The van der Waals surface area contributed by atoms with Gasteiger partial charge in [-0.1, -0.05) is 27.7 Å². The van der Waals surface area contributed by atoms with E-state index >= 15 is 0 Å². The first kappa shape index (κ1) is 23.4. The van der Waals surface area contributed by atoms with E-state index in [4.69, 9.17) is 9.47 Å². The SMILES string of the molecule is CC(C)CC(=O)Nc1ccc(OC(=O)NCCOCCNC(=O)C(C)C)cc1. The molecular weight excluding hydrogens is 362 g/mol. The van der Waals surface area contributed by atoms with E-state index in [1.54, 1.807) is 24.3 Å². The Kier molecular flexibility index (Phi) is 10.6. The van der Waals surface area contributed by atoms with Crippen LogP contribution in [0.15, 0.2) is 24.3 Å². The van der Waals surface area contributed by atoms with Gasteiger partial charge in [0.1, 0.15) is 5.75 Å². The quantitative estimate of drug-likeness (QED) is 0.501. The molecule has 28 heavy (non-hydrogen) atoms. The van der Waals surface area contributed by atoms with Crippen LogP contribution in [0.2, 0.25) is 0 Å². The fourth-order valence-electron chi connectivity index (χ4n) is 2.11. The van der Waals surface area contributed by atoms with E-state index in [9.17, 15) is 14.4 Å². The van der Waals surface area contributed by atoms with Gasteiger partial charge in [0.15, 0.2) is 0 Å². The topological polar surface area (TPSA) is 106 Å². The molecule has 0 saturated carbocycles.